The van der Waals surface area contributed by atoms with Crippen molar-refractivity contribution in [2.24, 2.45) is 10.2 Å². The van der Waals surface area contributed by atoms with E-state index in [9.17, 15) is 14.9 Å². The van der Waals surface area contributed by atoms with E-state index in [0.29, 0.717) is 79.6 Å². The van der Waals surface area contributed by atoms with Crippen molar-refractivity contribution in [2.45, 2.75) is 46.6 Å². The average molecular weight is 644 g/mol. The smallest absolute Gasteiger partial charge is 0.306 e. The lowest BCUT2D eigenvalue weighted by Crippen LogP contribution is -2.34. The molecule has 1 aromatic heterocycles. The largest absolute Gasteiger partial charge is 0.481 e. The van der Waals surface area contributed by atoms with Gasteiger partial charge in [0.1, 0.15) is 17.7 Å². The Bertz CT molecular complexity index is 1350. The number of hydrogen-bond donors (Lipinski definition) is 1. The van der Waals surface area contributed by atoms with Gasteiger partial charge in [0, 0.05) is 18.3 Å². The molecule has 13 nitrogen and oxygen atoms in total. The van der Waals surface area contributed by atoms with E-state index in [0.717, 1.165) is 11.3 Å². The zero-order chi connectivity index (χ0) is 33.0. The number of nitriles is 1. The number of aryl methyl sites for hydroxylation is 1. The maximum atomic E-state index is 11.3. The molecular weight excluding hydrogens is 602 g/mol. The molecule has 0 aliphatic carbocycles. The average Bonchev–Trinajstić information content (AvgIpc) is 3.32. The molecule has 14 heteroatoms. The van der Waals surface area contributed by atoms with Crippen molar-refractivity contribution in [2.75, 3.05) is 70.9 Å². The van der Waals surface area contributed by atoms with Gasteiger partial charge in [-0.1, -0.05) is 0 Å². The monoisotopic (exact) mass is 643 g/mol. The molecule has 1 N–H and O–H groups in total. The van der Waals surface area contributed by atoms with Crippen LogP contribution in [0.5, 0.6) is 0 Å². The van der Waals surface area contributed by atoms with Gasteiger partial charge in [-0.05, 0) is 57.0 Å². The number of esters is 1. The molecule has 2 rings (SSSR count). The van der Waals surface area contributed by atoms with Gasteiger partial charge in [-0.3, -0.25) is 9.59 Å². The molecule has 0 saturated carbocycles. The fourth-order valence-electron chi connectivity index (χ4n) is 3.93. The number of anilines is 1. The summed E-state index contributed by atoms with van der Waals surface area (Å²) in [4.78, 5) is 27.9. The number of carboxylic acids is 1. The van der Waals surface area contributed by atoms with E-state index in [1.807, 2.05) is 19.1 Å². The number of aliphatic carboxylic acids is 1. The third kappa shape index (κ3) is 13.7. The van der Waals surface area contributed by atoms with Crippen molar-refractivity contribution in [3.05, 3.63) is 45.6 Å². The van der Waals surface area contributed by atoms with Gasteiger partial charge in [0.15, 0.2) is 0 Å². The fourth-order valence-corrected chi connectivity index (χ4v) is 4.80. The van der Waals surface area contributed by atoms with Crippen LogP contribution in [0.15, 0.2) is 28.4 Å². The number of hydrogen-bond acceptors (Lipinski definition) is 12. The van der Waals surface area contributed by atoms with Crippen LogP contribution in [0.4, 0.5) is 22.1 Å². The second-order valence-electron chi connectivity index (χ2n) is 9.96. The maximum Gasteiger partial charge on any atom is 0.306 e. The standard InChI is InChI=1S/C31H41N5O8S/c1-22(2)36(25-6-7-26(23(3)20-25)34-35-31-30(33-5)24(4)27(21-32)45-31)10-11-40-12-13-41-14-15-42-16-17-43-18-19-44-29(39)9-8-28(37)38/h6-7,20,22H,8-19H2,1-4H3,(H,37,38). The lowest BCUT2D eigenvalue weighted by atomic mass is 10.1. The number of carbonyl (C=O) groups excluding carboxylic acids is 1. The quantitative estimate of drug-likeness (QED) is 0.0710. The molecule has 244 valence electrons. The van der Waals surface area contributed by atoms with Crippen LogP contribution in [-0.4, -0.2) is 89.1 Å². The van der Waals surface area contributed by atoms with Crippen molar-refractivity contribution in [3.8, 4) is 6.07 Å². The summed E-state index contributed by atoms with van der Waals surface area (Å²) in [6.45, 7) is 19.3. The molecule has 0 spiro atoms. The van der Waals surface area contributed by atoms with Gasteiger partial charge in [0.25, 0.3) is 0 Å². The molecule has 1 heterocycles. The number of azo groups is 1. The van der Waals surface area contributed by atoms with Gasteiger partial charge in [0.05, 0.1) is 82.8 Å². The molecule has 0 amide bonds. The minimum Gasteiger partial charge on any atom is -0.481 e. The summed E-state index contributed by atoms with van der Waals surface area (Å²) >= 11 is 1.17. The van der Waals surface area contributed by atoms with Crippen molar-refractivity contribution in [1.29, 1.82) is 5.26 Å². The number of carbonyl (C=O) groups is 2. The van der Waals surface area contributed by atoms with Gasteiger partial charge in [-0.2, -0.15) is 15.5 Å². The molecule has 0 saturated heterocycles. The Morgan fingerprint density at radius 3 is 2.11 bits per heavy atom. The molecule has 0 aliphatic heterocycles. The molecule has 0 atom stereocenters. The molecule has 0 unspecified atom stereocenters. The lowest BCUT2D eigenvalue weighted by Gasteiger charge is -2.29. The minimum absolute atomic E-state index is 0.0733. The highest BCUT2D eigenvalue weighted by atomic mass is 32.1. The zero-order valence-corrected chi connectivity index (χ0v) is 27.1. The summed E-state index contributed by atoms with van der Waals surface area (Å²) in [6, 6.07) is 8.30. The van der Waals surface area contributed by atoms with E-state index in [1.54, 1.807) is 6.92 Å². The first-order chi connectivity index (χ1) is 21.7. The maximum absolute atomic E-state index is 11.3. The Hall–Kier alpha value is -3.92. The van der Waals surface area contributed by atoms with Crippen molar-refractivity contribution < 1.29 is 38.4 Å². The molecule has 0 aliphatic rings. The normalized spacial score (nSPS) is 11.1. The van der Waals surface area contributed by atoms with E-state index in [1.165, 1.54) is 11.3 Å². The van der Waals surface area contributed by atoms with E-state index < -0.39 is 11.9 Å². The predicted molar refractivity (Wildman–Crippen MR) is 169 cm³/mol. The molecular formula is C31H41N5O8S. The number of ether oxygens (including phenoxy) is 5. The van der Waals surface area contributed by atoms with Gasteiger partial charge in [0.2, 0.25) is 5.69 Å². The number of benzene rings is 1. The highest BCUT2D eigenvalue weighted by Crippen LogP contribution is 2.42. The summed E-state index contributed by atoms with van der Waals surface area (Å²) in [5.74, 6) is -1.60. The first-order valence-corrected chi connectivity index (χ1v) is 15.4. The Balaban J connectivity index is 1.61. The van der Waals surface area contributed by atoms with Crippen molar-refractivity contribution in [3.63, 3.8) is 0 Å². The van der Waals surface area contributed by atoms with Gasteiger partial charge >= 0.3 is 11.9 Å². The lowest BCUT2D eigenvalue weighted by molar-refractivity contribution is -0.149. The molecule has 1 aromatic carbocycles. The minimum atomic E-state index is -1.04. The van der Waals surface area contributed by atoms with Crippen LogP contribution in [-0.2, 0) is 33.3 Å². The third-order valence-corrected chi connectivity index (χ3v) is 7.39. The molecule has 0 bridgehead atoms. The van der Waals surface area contributed by atoms with Crippen LogP contribution < -0.4 is 4.90 Å². The summed E-state index contributed by atoms with van der Waals surface area (Å²) in [7, 11) is 0. The van der Waals surface area contributed by atoms with Crippen molar-refractivity contribution in [1.82, 2.24) is 0 Å². The molecule has 2 aromatic rings. The van der Waals surface area contributed by atoms with Gasteiger partial charge < -0.3 is 33.7 Å². The first-order valence-electron chi connectivity index (χ1n) is 14.6. The van der Waals surface area contributed by atoms with Crippen LogP contribution in [0.1, 0.15) is 42.7 Å². The summed E-state index contributed by atoms with van der Waals surface area (Å²) in [5, 5.41) is 26.8. The Morgan fingerprint density at radius 1 is 0.978 bits per heavy atom. The Labute approximate surface area is 268 Å². The Morgan fingerprint density at radius 2 is 1.58 bits per heavy atom. The van der Waals surface area contributed by atoms with E-state index in [-0.39, 0.29) is 32.1 Å². The van der Waals surface area contributed by atoms with E-state index in [2.05, 4.69) is 46.0 Å². The van der Waals surface area contributed by atoms with Crippen molar-refractivity contribution >= 4 is 45.3 Å². The molecule has 0 radical (unpaired) electrons. The number of nitrogens with zero attached hydrogens (tertiary/aromatic N) is 5. The van der Waals surface area contributed by atoms with Crippen LogP contribution in [0.25, 0.3) is 4.85 Å². The number of carboxylic acid groups (broad SMARTS) is 1. The predicted octanol–water partition coefficient (Wildman–Crippen LogP) is 5.89. The second-order valence-corrected chi connectivity index (χ2v) is 11.0. The SMILES string of the molecule is [C-]#[N+]c1c(N=Nc2ccc(N(CCOCCOCCOCCOCCOC(=O)CCC(=O)O)C(C)C)cc2C)sc(C#N)c1C. The summed E-state index contributed by atoms with van der Waals surface area (Å²) in [6.07, 6.45) is -0.400. The molecule has 45 heavy (non-hydrogen) atoms. The Kier molecular flexibility index (Phi) is 17.3. The van der Waals surface area contributed by atoms with Gasteiger partial charge in [-0.15, -0.1) is 11.3 Å². The molecule has 0 fully saturated rings. The van der Waals surface area contributed by atoms with Gasteiger partial charge in [-0.25, -0.2) is 4.85 Å². The van der Waals surface area contributed by atoms with Crippen LogP contribution >= 0.6 is 11.3 Å². The van der Waals surface area contributed by atoms with E-state index in [4.69, 9.17) is 35.4 Å². The number of thiophene rings is 1. The number of rotatable bonds is 22. The topological polar surface area (TPSA) is 157 Å². The summed E-state index contributed by atoms with van der Waals surface area (Å²) in [5.41, 5.74) is 3.69. The van der Waals surface area contributed by atoms with E-state index >= 15 is 0 Å². The second kappa shape index (κ2) is 20.9. The third-order valence-electron chi connectivity index (χ3n) is 6.32. The zero-order valence-electron chi connectivity index (χ0n) is 26.2. The highest BCUT2D eigenvalue weighted by Gasteiger charge is 2.16. The summed E-state index contributed by atoms with van der Waals surface area (Å²) < 4.78 is 26.9. The van der Waals surface area contributed by atoms with Crippen LogP contribution in [0.3, 0.4) is 0 Å². The van der Waals surface area contributed by atoms with Crippen LogP contribution in [0, 0.1) is 31.8 Å². The highest BCUT2D eigenvalue weighted by molar-refractivity contribution is 7.17. The van der Waals surface area contributed by atoms with Crippen LogP contribution in [0.2, 0.25) is 0 Å². The first kappa shape index (κ1) is 37.3. The fraction of sp³-hybridized carbons (Fsp3) is 0.548.